The van der Waals surface area contributed by atoms with Gasteiger partial charge in [-0.1, -0.05) is 17.7 Å². The van der Waals surface area contributed by atoms with Gasteiger partial charge in [-0.15, -0.1) is 0 Å². The van der Waals surface area contributed by atoms with Crippen molar-refractivity contribution in [1.82, 2.24) is 29.0 Å². The Bertz CT molecular complexity index is 1360. The van der Waals surface area contributed by atoms with Crippen LogP contribution < -0.4 is 5.69 Å². The zero-order valence-corrected chi connectivity index (χ0v) is 18.5. The maximum Gasteiger partial charge on any atom is 0.352 e. The molecule has 1 aromatic carbocycles. The van der Waals surface area contributed by atoms with E-state index in [4.69, 9.17) is 16.3 Å². The molecule has 0 aliphatic carbocycles. The highest BCUT2D eigenvalue weighted by molar-refractivity contribution is 6.30. The molecule has 5 rings (SSSR count). The minimum Gasteiger partial charge on any atom is -0.373 e. The van der Waals surface area contributed by atoms with Crippen molar-refractivity contribution in [2.24, 2.45) is 0 Å². The van der Waals surface area contributed by atoms with Gasteiger partial charge in [0.15, 0.2) is 5.65 Å². The number of aromatic nitrogens is 5. The van der Waals surface area contributed by atoms with Crippen molar-refractivity contribution < 1.29 is 9.13 Å². The van der Waals surface area contributed by atoms with E-state index in [1.165, 1.54) is 27.5 Å². The number of hydrogen-bond acceptors (Lipinski definition) is 6. The predicted octanol–water partition coefficient (Wildman–Crippen LogP) is 2.89. The zero-order valence-electron chi connectivity index (χ0n) is 17.7. The molecule has 0 bridgehead atoms. The van der Waals surface area contributed by atoms with Gasteiger partial charge in [-0.3, -0.25) is 9.47 Å². The second-order valence-electron chi connectivity index (χ2n) is 8.28. The Kier molecular flexibility index (Phi) is 5.40. The van der Waals surface area contributed by atoms with E-state index >= 15 is 0 Å². The molecule has 3 aromatic heterocycles. The van der Waals surface area contributed by atoms with E-state index in [2.05, 4.69) is 33.8 Å². The monoisotopic (exact) mass is 456 g/mol. The van der Waals surface area contributed by atoms with Gasteiger partial charge in [-0.25, -0.2) is 19.2 Å². The molecule has 10 heteroatoms. The molecule has 0 radical (unpaired) electrons. The lowest BCUT2D eigenvalue weighted by molar-refractivity contribution is -0.0705. The normalized spacial score (nSPS) is 19.8. The third-order valence-corrected chi connectivity index (χ3v) is 5.90. The summed E-state index contributed by atoms with van der Waals surface area (Å²) in [6.07, 6.45) is 3.48. The van der Waals surface area contributed by atoms with Crippen LogP contribution in [0.2, 0.25) is 5.02 Å². The molecule has 4 aromatic rings. The summed E-state index contributed by atoms with van der Waals surface area (Å²) in [5.74, 6) is -0.506. The smallest absolute Gasteiger partial charge is 0.352 e. The van der Waals surface area contributed by atoms with Gasteiger partial charge >= 0.3 is 5.69 Å². The molecule has 1 fully saturated rings. The number of benzene rings is 1. The minimum atomic E-state index is -0.506. The predicted molar refractivity (Wildman–Crippen MR) is 118 cm³/mol. The van der Waals surface area contributed by atoms with Crippen molar-refractivity contribution in [3.05, 3.63) is 69.2 Å². The second kappa shape index (κ2) is 8.23. The van der Waals surface area contributed by atoms with E-state index in [0.717, 1.165) is 24.0 Å². The highest BCUT2D eigenvalue weighted by Gasteiger charge is 2.23. The van der Waals surface area contributed by atoms with Gasteiger partial charge in [0.1, 0.15) is 17.8 Å². The number of hydrogen-bond donors (Lipinski definition) is 0. The highest BCUT2D eigenvalue weighted by Crippen LogP contribution is 2.21. The number of ether oxygens (including phenoxy) is 1. The van der Waals surface area contributed by atoms with Gasteiger partial charge in [0, 0.05) is 25.8 Å². The molecule has 0 saturated carbocycles. The first-order valence-corrected chi connectivity index (χ1v) is 10.8. The van der Waals surface area contributed by atoms with Crippen molar-refractivity contribution in [1.29, 1.82) is 0 Å². The van der Waals surface area contributed by atoms with Crippen LogP contribution in [0, 0.1) is 5.82 Å². The van der Waals surface area contributed by atoms with Crippen LogP contribution in [0.1, 0.15) is 25.0 Å². The third kappa shape index (κ3) is 3.87. The van der Waals surface area contributed by atoms with E-state index < -0.39 is 5.82 Å². The summed E-state index contributed by atoms with van der Waals surface area (Å²) in [5.41, 5.74) is 2.27. The maximum atomic E-state index is 13.6. The fraction of sp³-hybridized carbons (Fsp3) is 0.364. The molecular weight excluding hydrogens is 435 g/mol. The Morgan fingerprint density at radius 1 is 1.09 bits per heavy atom. The Labute approximate surface area is 188 Å². The van der Waals surface area contributed by atoms with E-state index in [1.54, 1.807) is 12.3 Å². The van der Waals surface area contributed by atoms with Crippen LogP contribution in [-0.4, -0.2) is 54.3 Å². The van der Waals surface area contributed by atoms with E-state index in [-0.39, 0.29) is 29.5 Å². The SMILES string of the molecule is CC1CN(Cc2cnc3c(c2)c2ncnn2c(=O)n3Cc2ccc(F)c(Cl)c2)CC(C)O1. The third-order valence-electron chi connectivity index (χ3n) is 5.61. The molecule has 1 aliphatic heterocycles. The molecule has 4 heterocycles. The van der Waals surface area contributed by atoms with Crippen LogP contribution in [0.3, 0.4) is 0 Å². The van der Waals surface area contributed by atoms with E-state index in [9.17, 15) is 9.18 Å². The fourth-order valence-corrected chi connectivity index (χ4v) is 4.57. The molecule has 166 valence electrons. The lowest BCUT2D eigenvalue weighted by atomic mass is 10.1. The van der Waals surface area contributed by atoms with Crippen LogP contribution in [-0.2, 0) is 17.8 Å². The molecule has 32 heavy (non-hydrogen) atoms. The number of rotatable bonds is 4. The molecule has 2 unspecified atom stereocenters. The lowest BCUT2D eigenvalue weighted by Crippen LogP contribution is -2.44. The van der Waals surface area contributed by atoms with Crippen LogP contribution in [0.15, 0.2) is 41.6 Å². The molecule has 8 nitrogen and oxygen atoms in total. The average molecular weight is 457 g/mol. The molecule has 0 spiro atoms. The lowest BCUT2D eigenvalue weighted by Gasteiger charge is -2.35. The number of pyridine rings is 1. The Balaban J connectivity index is 1.57. The minimum absolute atomic E-state index is 0.00546. The first-order valence-electron chi connectivity index (χ1n) is 10.4. The van der Waals surface area contributed by atoms with Gasteiger partial charge in [0.25, 0.3) is 0 Å². The van der Waals surface area contributed by atoms with E-state index in [0.29, 0.717) is 23.4 Å². The first kappa shape index (κ1) is 21.0. The van der Waals surface area contributed by atoms with Gasteiger partial charge in [-0.05, 0) is 43.2 Å². The number of nitrogens with zero attached hydrogens (tertiary/aromatic N) is 6. The summed E-state index contributed by atoms with van der Waals surface area (Å²) in [5, 5.41) is 4.83. The van der Waals surface area contributed by atoms with Crippen LogP contribution in [0.5, 0.6) is 0 Å². The second-order valence-corrected chi connectivity index (χ2v) is 8.69. The first-order chi connectivity index (χ1) is 15.4. The topological polar surface area (TPSA) is 77.6 Å². The Hall–Kier alpha value is -2.88. The van der Waals surface area contributed by atoms with Gasteiger partial charge in [-0.2, -0.15) is 9.61 Å². The van der Waals surface area contributed by atoms with Crippen molar-refractivity contribution in [3.63, 3.8) is 0 Å². The quantitative estimate of drug-likeness (QED) is 0.470. The summed E-state index contributed by atoms with van der Waals surface area (Å²) in [4.78, 5) is 24.3. The number of morpholine rings is 1. The zero-order chi connectivity index (χ0) is 22.4. The number of fused-ring (bicyclic) bond motifs is 3. The largest absolute Gasteiger partial charge is 0.373 e. The molecule has 1 aliphatic rings. The van der Waals surface area contributed by atoms with Crippen molar-refractivity contribution in [2.45, 2.75) is 39.1 Å². The highest BCUT2D eigenvalue weighted by atomic mass is 35.5. The molecule has 0 amide bonds. The van der Waals surface area contributed by atoms with Crippen LogP contribution in [0.25, 0.3) is 16.7 Å². The summed E-state index contributed by atoms with van der Waals surface area (Å²) < 4.78 is 22.2. The van der Waals surface area contributed by atoms with E-state index in [1.807, 2.05) is 6.07 Å². The van der Waals surface area contributed by atoms with Gasteiger partial charge in [0.05, 0.1) is 29.2 Å². The summed E-state index contributed by atoms with van der Waals surface area (Å²) in [7, 11) is 0. The van der Waals surface area contributed by atoms with Crippen molar-refractivity contribution in [3.8, 4) is 0 Å². The van der Waals surface area contributed by atoms with Gasteiger partial charge in [0.2, 0.25) is 0 Å². The maximum absolute atomic E-state index is 13.6. The Morgan fingerprint density at radius 2 is 1.88 bits per heavy atom. The Morgan fingerprint density at radius 3 is 2.62 bits per heavy atom. The van der Waals surface area contributed by atoms with Crippen molar-refractivity contribution in [2.75, 3.05) is 13.1 Å². The summed E-state index contributed by atoms with van der Waals surface area (Å²) in [6.45, 7) is 6.72. The fourth-order valence-electron chi connectivity index (χ4n) is 4.37. The van der Waals surface area contributed by atoms with Crippen molar-refractivity contribution >= 4 is 28.3 Å². The molecule has 1 saturated heterocycles. The summed E-state index contributed by atoms with van der Waals surface area (Å²) >= 11 is 5.93. The standard InChI is InChI=1S/C22H22ClFN6O2/c1-13-8-28(9-14(2)32-13)10-16-5-17-20(25-7-16)29(22(31)30-21(17)26-12-27-30)11-15-3-4-19(24)18(23)6-15/h3-7,12-14H,8-11H2,1-2H3. The molecule has 2 atom stereocenters. The van der Waals surface area contributed by atoms with Crippen LogP contribution in [0.4, 0.5) is 4.39 Å². The van der Waals surface area contributed by atoms with Gasteiger partial charge < -0.3 is 4.74 Å². The summed E-state index contributed by atoms with van der Waals surface area (Å²) in [6, 6.07) is 6.40. The molecular formula is C22H22ClFN6O2. The molecule has 0 N–H and O–H groups in total. The number of halogens is 2. The average Bonchev–Trinajstić information content (AvgIpc) is 3.23. The van der Waals surface area contributed by atoms with Crippen LogP contribution >= 0.6 is 11.6 Å².